The zero-order chi connectivity index (χ0) is 11.5. The number of hydrogen-bond acceptors (Lipinski definition) is 1. The minimum atomic E-state index is -0.875. The highest BCUT2D eigenvalue weighted by molar-refractivity contribution is 6.31. The van der Waals surface area contributed by atoms with Crippen LogP contribution in [0.15, 0.2) is 18.2 Å². The third-order valence-corrected chi connectivity index (χ3v) is 3.72. The number of alkyl halides is 1. The lowest BCUT2D eigenvalue weighted by Gasteiger charge is -2.26. The minimum absolute atomic E-state index is 0.139. The number of piperidine rings is 1. The van der Waals surface area contributed by atoms with Gasteiger partial charge in [-0.1, -0.05) is 23.7 Å². The van der Waals surface area contributed by atoms with Crippen LogP contribution in [0.2, 0.25) is 5.02 Å². The number of hydrogen-bond donors (Lipinski definition) is 1. The van der Waals surface area contributed by atoms with Crippen molar-refractivity contribution in [2.45, 2.75) is 25.9 Å². The Morgan fingerprint density at radius 3 is 2.69 bits per heavy atom. The molecule has 0 bridgehead atoms. The summed E-state index contributed by atoms with van der Waals surface area (Å²) >= 11 is 6.02. The number of aryl methyl sites for hydroxylation is 1. The Hall–Kier alpha value is -0.600. The van der Waals surface area contributed by atoms with Crippen LogP contribution in [0.3, 0.4) is 0 Å². The molecule has 1 N–H and O–H groups in total. The van der Waals surface area contributed by atoms with E-state index in [1.54, 1.807) is 6.07 Å². The molecule has 1 fully saturated rings. The average Bonchev–Trinajstić information content (AvgIpc) is 2.33. The maximum Gasteiger partial charge on any atom is 0.128 e. The first-order valence-electron chi connectivity index (χ1n) is 5.79. The van der Waals surface area contributed by atoms with Gasteiger partial charge < -0.3 is 5.32 Å². The van der Waals surface area contributed by atoms with Crippen molar-refractivity contribution in [1.82, 2.24) is 5.32 Å². The van der Waals surface area contributed by atoms with Crippen LogP contribution < -0.4 is 5.32 Å². The Kier molecular flexibility index (Phi) is 3.82. The molecular formula is C13H17ClFN. The summed E-state index contributed by atoms with van der Waals surface area (Å²) < 4.78 is 14.2. The summed E-state index contributed by atoms with van der Waals surface area (Å²) in [5.74, 6) is 0.139. The first kappa shape index (κ1) is 11.9. The summed E-state index contributed by atoms with van der Waals surface area (Å²) in [7, 11) is 0. The van der Waals surface area contributed by atoms with Gasteiger partial charge in [0, 0.05) is 5.02 Å². The van der Waals surface area contributed by atoms with E-state index >= 15 is 0 Å². The normalized spacial score (nSPS) is 19.7. The third-order valence-electron chi connectivity index (χ3n) is 3.31. The second-order valence-corrected chi connectivity index (χ2v) is 4.91. The Labute approximate surface area is 101 Å². The van der Waals surface area contributed by atoms with E-state index in [1.807, 2.05) is 19.1 Å². The van der Waals surface area contributed by atoms with Crippen LogP contribution in [0.25, 0.3) is 0 Å². The minimum Gasteiger partial charge on any atom is -0.317 e. The van der Waals surface area contributed by atoms with E-state index in [2.05, 4.69) is 5.32 Å². The molecule has 16 heavy (non-hydrogen) atoms. The van der Waals surface area contributed by atoms with Crippen molar-refractivity contribution in [3.63, 3.8) is 0 Å². The van der Waals surface area contributed by atoms with E-state index < -0.39 is 6.17 Å². The number of nitrogens with one attached hydrogen (secondary N) is 1. The SMILES string of the molecule is Cc1ccc(C(F)C2CCNCC2)cc1Cl. The quantitative estimate of drug-likeness (QED) is 0.833. The van der Waals surface area contributed by atoms with Gasteiger partial charge in [0.15, 0.2) is 0 Å². The number of rotatable bonds is 2. The van der Waals surface area contributed by atoms with Crippen LogP contribution in [0, 0.1) is 12.8 Å². The molecule has 1 nitrogen and oxygen atoms in total. The van der Waals surface area contributed by atoms with Crippen LogP contribution in [-0.2, 0) is 0 Å². The monoisotopic (exact) mass is 241 g/mol. The van der Waals surface area contributed by atoms with Gasteiger partial charge in [0.05, 0.1) is 0 Å². The van der Waals surface area contributed by atoms with Gasteiger partial charge in [-0.25, -0.2) is 4.39 Å². The van der Waals surface area contributed by atoms with Gasteiger partial charge in [0.2, 0.25) is 0 Å². The fourth-order valence-corrected chi connectivity index (χ4v) is 2.38. The van der Waals surface area contributed by atoms with Gasteiger partial charge in [0.25, 0.3) is 0 Å². The molecule has 1 aromatic rings. The van der Waals surface area contributed by atoms with Crippen molar-refractivity contribution in [2.75, 3.05) is 13.1 Å². The molecule has 1 heterocycles. The van der Waals surface area contributed by atoms with Gasteiger partial charge in [-0.15, -0.1) is 0 Å². The predicted octanol–water partition coefficient (Wildman–Crippen LogP) is 3.66. The molecular weight excluding hydrogens is 225 g/mol. The molecule has 0 amide bonds. The first-order chi connectivity index (χ1) is 7.68. The largest absolute Gasteiger partial charge is 0.317 e. The van der Waals surface area contributed by atoms with E-state index in [0.717, 1.165) is 37.1 Å². The van der Waals surface area contributed by atoms with Crippen LogP contribution in [0.1, 0.15) is 30.1 Å². The molecule has 0 saturated carbocycles. The summed E-state index contributed by atoms with van der Waals surface area (Å²) in [5, 5.41) is 3.91. The van der Waals surface area contributed by atoms with Gasteiger partial charge in [0.1, 0.15) is 6.17 Å². The molecule has 0 aliphatic carbocycles. The molecule has 0 radical (unpaired) electrons. The number of benzene rings is 1. The highest BCUT2D eigenvalue weighted by Gasteiger charge is 2.24. The molecule has 1 unspecified atom stereocenters. The fraction of sp³-hybridized carbons (Fsp3) is 0.538. The van der Waals surface area contributed by atoms with Crippen molar-refractivity contribution in [1.29, 1.82) is 0 Å². The second-order valence-electron chi connectivity index (χ2n) is 4.50. The van der Waals surface area contributed by atoms with Crippen molar-refractivity contribution >= 4 is 11.6 Å². The standard InChI is InChI=1S/C13H17ClFN/c1-9-2-3-11(8-12(9)14)13(15)10-4-6-16-7-5-10/h2-3,8,10,13,16H,4-7H2,1H3. The number of halogens is 2. The molecule has 0 spiro atoms. The summed E-state index contributed by atoms with van der Waals surface area (Å²) in [4.78, 5) is 0. The van der Waals surface area contributed by atoms with Crippen molar-refractivity contribution in [2.24, 2.45) is 5.92 Å². The molecule has 1 aliphatic rings. The maximum atomic E-state index is 14.2. The molecule has 1 aliphatic heterocycles. The Bertz CT molecular complexity index is 361. The molecule has 1 atom stereocenters. The van der Waals surface area contributed by atoms with E-state index in [1.165, 1.54) is 0 Å². The van der Waals surface area contributed by atoms with E-state index in [0.29, 0.717) is 5.02 Å². The maximum absolute atomic E-state index is 14.2. The van der Waals surface area contributed by atoms with Gasteiger partial charge in [-0.2, -0.15) is 0 Å². The summed E-state index contributed by atoms with van der Waals surface area (Å²) in [6.07, 6.45) is 0.944. The average molecular weight is 242 g/mol. The first-order valence-corrected chi connectivity index (χ1v) is 6.17. The second kappa shape index (κ2) is 5.15. The molecule has 0 aromatic heterocycles. The fourth-order valence-electron chi connectivity index (χ4n) is 2.19. The van der Waals surface area contributed by atoms with E-state index in [9.17, 15) is 4.39 Å². The van der Waals surface area contributed by atoms with E-state index in [4.69, 9.17) is 11.6 Å². The van der Waals surface area contributed by atoms with Crippen LogP contribution in [0.5, 0.6) is 0 Å². The summed E-state index contributed by atoms with van der Waals surface area (Å²) in [6, 6.07) is 5.52. The predicted molar refractivity (Wildman–Crippen MR) is 65.6 cm³/mol. The summed E-state index contributed by atoms with van der Waals surface area (Å²) in [6.45, 7) is 3.78. The smallest absolute Gasteiger partial charge is 0.128 e. The summed E-state index contributed by atoms with van der Waals surface area (Å²) in [5.41, 5.74) is 1.73. The van der Waals surface area contributed by atoms with Gasteiger partial charge >= 0.3 is 0 Å². The topological polar surface area (TPSA) is 12.0 Å². The van der Waals surface area contributed by atoms with Gasteiger partial charge in [-0.3, -0.25) is 0 Å². The zero-order valence-corrected chi connectivity index (χ0v) is 10.2. The molecule has 1 aromatic carbocycles. The van der Waals surface area contributed by atoms with Crippen molar-refractivity contribution in [3.8, 4) is 0 Å². The lowest BCUT2D eigenvalue weighted by Crippen LogP contribution is -2.29. The Morgan fingerprint density at radius 1 is 1.38 bits per heavy atom. The Morgan fingerprint density at radius 2 is 2.06 bits per heavy atom. The molecule has 1 saturated heterocycles. The molecule has 88 valence electrons. The lowest BCUT2D eigenvalue weighted by molar-refractivity contribution is 0.190. The van der Waals surface area contributed by atoms with Crippen LogP contribution >= 0.6 is 11.6 Å². The zero-order valence-electron chi connectivity index (χ0n) is 9.47. The Balaban J connectivity index is 2.12. The highest BCUT2D eigenvalue weighted by Crippen LogP contribution is 2.33. The van der Waals surface area contributed by atoms with Crippen molar-refractivity contribution < 1.29 is 4.39 Å². The van der Waals surface area contributed by atoms with Crippen molar-refractivity contribution in [3.05, 3.63) is 34.3 Å². The van der Waals surface area contributed by atoms with Crippen LogP contribution in [0.4, 0.5) is 4.39 Å². The highest BCUT2D eigenvalue weighted by atomic mass is 35.5. The van der Waals surface area contributed by atoms with Crippen LogP contribution in [-0.4, -0.2) is 13.1 Å². The lowest BCUT2D eigenvalue weighted by atomic mass is 9.89. The third kappa shape index (κ3) is 2.55. The van der Waals surface area contributed by atoms with E-state index in [-0.39, 0.29) is 5.92 Å². The molecule has 3 heteroatoms. The molecule has 2 rings (SSSR count). The van der Waals surface area contributed by atoms with Gasteiger partial charge in [-0.05, 0) is 56.0 Å².